The predicted molar refractivity (Wildman–Crippen MR) is 66.1 cm³/mol. The number of aliphatic hydroxyl groups excluding tert-OH is 1. The molecule has 3 aliphatic rings. The van der Waals surface area contributed by atoms with Gasteiger partial charge in [0.25, 0.3) is 0 Å². The van der Waals surface area contributed by atoms with Crippen LogP contribution in [0, 0.1) is 28.1 Å². The van der Waals surface area contributed by atoms with Crippen molar-refractivity contribution in [3.8, 4) is 0 Å². The fourth-order valence-corrected chi connectivity index (χ4v) is 5.60. The summed E-state index contributed by atoms with van der Waals surface area (Å²) in [6.07, 6.45) is 6.46. The van der Waals surface area contributed by atoms with Gasteiger partial charge in [-0.2, -0.15) is 0 Å². The summed E-state index contributed by atoms with van der Waals surface area (Å²) in [5.41, 5.74) is 0.964. The molecule has 0 aromatic carbocycles. The van der Waals surface area contributed by atoms with Crippen molar-refractivity contribution in [3.05, 3.63) is 0 Å². The molecule has 5 atom stereocenters. The maximum atomic E-state index is 10.7. The minimum absolute atomic E-state index is 0.0418. The summed E-state index contributed by atoms with van der Waals surface area (Å²) in [6.45, 7) is 9.56. The highest BCUT2D eigenvalue weighted by Gasteiger charge is 2.67. The smallest absolute Gasteiger partial charge is 0.0652 e. The van der Waals surface area contributed by atoms with Crippen molar-refractivity contribution >= 4 is 0 Å². The van der Waals surface area contributed by atoms with Crippen molar-refractivity contribution in [2.24, 2.45) is 28.1 Å². The molecule has 1 N–H and O–H groups in total. The SMILES string of the molecule is CC1(C)C[C@@H]2[C@H](C1)[C@]1(C)CCC[C@@]2(C)C1O. The van der Waals surface area contributed by atoms with Crippen LogP contribution >= 0.6 is 0 Å². The van der Waals surface area contributed by atoms with E-state index in [4.69, 9.17) is 0 Å². The van der Waals surface area contributed by atoms with E-state index in [-0.39, 0.29) is 16.9 Å². The van der Waals surface area contributed by atoms with Crippen molar-refractivity contribution in [2.75, 3.05) is 0 Å². The van der Waals surface area contributed by atoms with E-state index in [1.807, 2.05) is 0 Å². The topological polar surface area (TPSA) is 20.2 Å². The summed E-state index contributed by atoms with van der Waals surface area (Å²) >= 11 is 0. The first-order valence-electron chi connectivity index (χ1n) is 6.98. The number of hydrogen-bond donors (Lipinski definition) is 1. The first-order chi connectivity index (χ1) is 7.30. The van der Waals surface area contributed by atoms with Crippen LogP contribution in [0.5, 0.6) is 0 Å². The summed E-state index contributed by atoms with van der Waals surface area (Å²) in [6, 6.07) is 0. The highest BCUT2D eigenvalue weighted by Crippen LogP contribution is 2.71. The Bertz CT molecular complexity index is 293. The molecule has 0 aliphatic heterocycles. The molecule has 3 saturated carbocycles. The zero-order valence-electron chi connectivity index (χ0n) is 11.2. The van der Waals surface area contributed by atoms with Gasteiger partial charge in [-0.15, -0.1) is 0 Å². The molecule has 0 aromatic heterocycles. The average molecular weight is 222 g/mol. The predicted octanol–water partition coefficient (Wildman–Crippen LogP) is 3.61. The number of rotatable bonds is 0. The second-order valence-corrected chi connectivity index (χ2v) is 8.05. The first kappa shape index (κ1) is 11.1. The highest BCUT2D eigenvalue weighted by molar-refractivity contribution is 5.16. The molecule has 0 heterocycles. The van der Waals surface area contributed by atoms with E-state index in [1.54, 1.807) is 0 Å². The van der Waals surface area contributed by atoms with E-state index in [9.17, 15) is 5.11 Å². The molecule has 0 radical (unpaired) electrons. The summed E-state index contributed by atoms with van der Waals surface area (Å²) in [5, 5.41) is 10.7. The molecular formula is C15H26O. The molecule has 0 amide bonds. The fourth-order valence-electron chi connectivity index (χ4n) is 5.60. The van der Waals surface area contributed by atoms with Crippen LogP contribution in [0.1, 0.15) is 59.8 Å². The first-order valence-corrected chi connectivity index (χ1v) is 6.98. The molecule has 1 unspecified atom stereocenters. The van der Waals surface area contributed by atoms with Crippen LogP contribution in [-0.2, 0) is 0 Å². The normalized spacial score (nSPS) is 58.7. The fraction of sp³-hybridized carbons (Fsp3) is 1.00. The lowest BCUT2D eigenvalue weighted by Gasteiger charge is -2.44. The maximum Gasteiger partial charge on any atom is 0.0652 e. The molecule has 3 rings (SSSR count). The van der Waals surface area contributed by atoms with Crippen LogP contribution in [-0.4, -0.2) is 11.2 Å². The quantitative estimate of drug-likeness (QED) is 0.664. The van der Waals surface area contributed by atoms with Crippen molar-refractivity contribution in [2.45, 2.75) is 65.9 Å². The number of fused-ring (bicyclic) bond motifs is 5. The van der Waals surface area contributed by atoms with Gasteiger partial charge in [0.1, 0.15) is 0 Å². The van der Waals surface area contributed by atoms with Gasteiger partial charge < -0.3 is 5.11 Å². The van der Waals surface area contributed by atoms with Gasteiger partial charge in [0.15, 0.2) is 0 Å². The Kier molecular flexibility index (Phi) is 1.98. The summed E-state index contributed by atoms with van der Waals surface area (Å²) in [5.74, 6) is 1.56. The third-order valence-electron chi connectivity index (χ3n) is 6.41. The van der Waals surface area contributed by atoms with Crippen molar-refractivity contribution < 1.29 is 5.11 Å². The van der Waals surface area contributed by atoms with Crippen LogP contribution in [0.25, 0.3) is 0 Å². The number of hydrogen-bond acceptors (Lipinski definition) is 1. The van der Waals surface area contributed by atoms with Crippen molar-refractivity contribution in [1.82, 2.24) is 0 Å². The Labute approximate surface area is 99.6 Å². The Morgan fingerprint density at radius 2 is 1.31 bits per heavy atom. The van der Waals surface area contributed by atoms with Crippen LogP contribution < -0.4 is 0 Å². The van der Waals surface area contributed by atoms with E-state index in [2.05, 4.69) is 27.7 Å². The molecule has 1 nitrogen and oxygen atoms in total. The second-order valence-electron chi connectivity index (χ2n) is 8.05. The second kappa shape index (κ2) is 2.85. The van der Waals surface area contributed by atoms with Crippen LogP contribution in [0.15, 0.2) is 0 Å². The van der Waals surface area contributed by atoms with Gasteiger partial charge in [-0.3, -0.25) is 0 Å². The van der Waals surface area contributed by atoms with Gasteiger partial charge in [-0.05, 0) is 53.8 Å². The monoisotopic (exact) mass is 222 g/mol. The standard InChI is InChI=1S/C15H26O/c1-13(2)8-10-11(9-13)15(4)7-5-6-14(10,3)12(15)16/h10-12,16H,5-9H2,1-4H3/t10-,11+,12?,14-,15+. The number of aliphatic hydroxyl groups is 1. The van der Waals surface area contributed by atoms with E-state index in [0.717, 1.165) is 11.8 Å². The Balaban J connectivity index is 2.04. The summed E-state index contributed by atoms with van der Waals surface area (Å²) < 4.78 is 0. The van der Waals surface area contributed by atoms with Crippen LogP contribution in [0.4, 0.5) is 0 Å². The molecule has 0 saturated heterocycles. The molecule has 3 fully saturated rings. The lowest BCUT2D eigenvalue weighted by atomic mass is 9.63. The Morgan fingerprint density at radius 3 is 1.75 bits per heavy atom. The van der Waals surface area contributed by atoms with E-state index >= 15 is 0 Å². The lowest BCUT2D eigenvalue weighted by Crippen LogP contribution is -2.44. The van der Waals surface area contributed by atoms with Gasteiger partial charge in [-0.25, -0.2) is 0 Å². The largest absolute Gasteiger partial charge is 0.392 e. The molecular weight excluding hydrogens is 196 g/mol. The van der Waals surface area contributed by atoms with E-state index in [0.29, 0.717) is 5.41 Å². The molecule has 2 bridgehead atoms. The Hall–Kier alpha value is -0.0400. The summed E-state index contributed by atoms with van der Waals surface area (Å²) in [7, 11) is 0. The highest BCUT2D eigenvalue weighted by atomic mass is 16.3. The zero-order chi connectivity index (χ0) is 11.8. The molecule has 0 spiro atoms. The van der Waals surface area contributed by atoms with Crippen molar-refractivity contribution in [1.29, 1.82) is 0 Å². The average Bonchev–Trinajstić information content (AvgIpc) is 2.54. The third kappa shape index (κ3) is 1.11. The van der Waals surface area contributed by atoms with Gasteiger partial charge in [0.2, 0.25) is 0 Å². The molecule has 1 heteroatoms. The van der Waals surface area contributed by atoms with Crippen LogP contribution in [0.2, 0.25) is 0 Å². The van der Waals surface area contributed by atoms with E-state index < -0.39 is 0 Å². The van der Waals surface area contributed by atoms with Crippen molar-refractivity contribution in [3.63, 3.8) is 0 Å². The molecule has 0 aromatic rings. The third-order valence-corrected chi connectivity index (χ3v) is 6.41. The minimum atomic E-state index is -0.0418. The van der Waals surface area contributed by atoms with E-state index in [1.165, 1.54) is 32.1 Å². The maximum absolute atomic E-state index is 10.7. The molecule has 16 heavy (non-hydrogen) atoms. The van der Waals surface area contributed by atoms with Gasteiger partial charge in [-0.1, -0.05) is 34.1 Å². The molecule has 3 aliphatic carbocycles. The van der Waals surface area contributed by atoms with Gasteiger partial charge >= 0.3 is 0 Å². The zero-order valence-corrected chi connectivity index (χ0v) is 11.2. The Morgan fingerprint density at radius 1 is 0.875 bits per heavy atom. The van der Waals surface area contributed by atoms with Crippen LogP contribution in [0.3, 0.4) is 0 Å². The van der Waals surface area contributed by atoms with Gasteiger partial charge in [0, 0.05) is 0 Å². The lowest BCUT2D eigenvalue weighted by molar-refractivity contribution is -0.0656. The van der Waals surface area contributed by atoms with Gasteiger partial charge in [0.05, 0.1) is 6.10 Å². The summed E-state index contributed by atoms with van der Waals surface area (Å²) in [4.78, 5) is 0. The molecule has 92 valence electrons. The minimum Gasteiger partial charge on any atom is -0.392 e.